The van der Waals surface area contributed by atoms with E-state index < -0.39 is 12.1 Å². The molecule has 10 heteroatoms. The van der Waals surface area contributed by atoms with Crippen molar-refractivity contribution in [2.45, 2.75) is 39.3 Å². The maximum absolute atomic E-state index is 13.4. The van der Waals surface area contributed by atoms with Crippen LogP contribution in [0.1, 0.15) is 27.2 Å². The van der Waals surface area contributed by atoms with Crippen LogP contribution in [0.25, 0.3) is 0 Å². The third-order valence-corrected chi connectivity index (χ3v) is 6.72. The minimum Gasteiger partial charge on any atom is -0.337 e. The number of para-hydroxylation sites is 1. The third kappa shape index (κ3) is 7.02. The topological polar surface area (TPSA) is 93.8 Å². The molecule has 1 aliphatic rings. The molecule has 188 valence electrons. The number of carbonyl (C=O) groups is 3. The SMILES string of the molecule is CCC(C)C(NC(=O)Nc1ccc(Cl)cc1Cl)C(=O)N1CCN(C(=O)Nc2ccccc2)C(C)C1. The number of anilines is 2. The Bertz CT molecular complexity index is 1050. The molecular weight excluding hydrogens is 489 g/mol. The molecule has 1 fully saturated rings. The zero-order valence-corrected chi connectivity index (χ0v) is 21.6. The van der Waals surface area contributed by atoms with E-state index >= 15 is 0 Å². The molecule has 2 aromatic carbocycles. The van der Waals surface area contributed by atoms with E-state index in [1.54, 1.807) is 21.9 Å². The van der Waals surface area contributed by atoms with Crippen molar-refractivity contribution in [1.82, 2.24) is 15.1 Å². The van der Waals surface area contributed by atoms with E-state index in [0.717, 1.165) is 5.69 Å². The van der Waals surface area contributed by atoms with Gasteiger partial charge in [0, 0.05) is 36.4 Å². The van der Waals surface area contributed by atoms with E-state index in [1.165, 1.54) is 6.07 Å². The van der Waals surface area contributed by atoms with Gasteiger partial charge in [-0.05, 0) is 43.2 Å². The summed E-state index contributed by atoms with van der Waals surface area (Å²) in [4.78, 5) is 42.3. The molecule has 5 amide bonds. The second kappa shape index (κ2) is 12.1. The van der Waals surface area contributed by atoms with Gasteiger partial charge in [0.1, 0.15) is 6.04 Å². The number of nitrogens with one attached hydrogen (secondary N) is 3. The fourth-order valence-electron chi connectivity index (χ4n) is 3.95. The van der Waals surface area contributed by atoms with Crippen molar-refractivity contribution in [1.29, 1.82) is 0 Å². The summed E-state index contributed by atoms with van der Waals surface area (Å²) in [6, 6.07) is 12.4. The first-order chi connectivity index (χ1) is 16.7. The zero-order valence-electron chi connectivity index (χ0n) is 20.1. The Labute approximate surface area is 215 Å². The Morgan fingerprint density at radius 1 is 1.06 bits per heavy atom. The number of benzene rings is 2. The minimum atomic E-state index is -0.719. The quantitative estimate of drug-likeness (QED) is 0.483. The summed E-state index contributed by atoms with van der Waals surface area (Å²) in [5.41, 5.74) is 1.12. The Kier molecular flexibility index (Phi) is 9.23. The van der Waals surface area contributed by atoms with Gasteiger partial charge in [-0.3, -0.25) is 4.79 Å². The molecule has 3 atom stereocenters. The van der Waals surface area contributed by atoms with Gasteiger partial charge in [0.2, 0.25) is 5.91 Å². The van der Waals surface area contributed by atoms with E-state index in [-0.39, 0.29) is 23.9 Å². The molecule has 3 unspecified atom stereocenters. The zero-order chi connectivity index (χ0) is 25.5. The molecule has 0 aliphatic carbocycles. The molecule has 3 rings (SSSR count). The summed E-state index contributed by atoms with van der Waals surface area (Å²) >= 11 is 12.1. The first-order valence-corrected chi connectivity index (χ1v) is 12.4. The van der Waals surface area contributed by atoms with E-state index in [1.807, 2.05) is 51.1 Å². The number of amides is 5. The van der Waals surface area contributed by atoms with Crippen LogP contribution >= 0.6 is 23.2 Å². The van der Waals surface area contributed by atoms with Crippen molar-refractivity contribution in [3.63, 3.8) is 0 Å². The third-order valence-electron chi connectivity index (χ3n) is 6.17. The lowest BCUT2D eigenvalue weighted by Gasteiger charge is -2.41. The van der Waals surface area contributed by atoms with Gasteiger partial charge in [0.05, 0.1) is 10.7 Å². The Hall–Kier alpha value is -2.97. The van der Waals surface area contributed by atoms with Gasteiger partial charge >= 0.3 is 12.1 Å². The summed E-state index contributed by atoms with van der Waals surface area (Å²) < 4.78 is 0. The molecule has 0 aromatic heterocycles. The van der Waals surface area contributed by atoms with Gasteiger partial charge < -0.3 is 25.8 Å². The van der Waals surface area contributed by atoms with Gasteiger partial charge in [-0.2, -0.15) is 0 Å². The lowest BCUT2D eigenvalue weighted by Crippen LogP contribution is -2.60. The van der Waals surface area contributed by atoms with Gasteiger partial charge in [-0.25, -0.2) is 9.59 Å². The van der Waals surface area contributed by atoms with Crippen LogP contribution in [0.2, 0.25) is 10.0 Å². The fraction of sp³-hybridized carbons (Fsp3) is 0.400. The van der Waals surface area contributed by atoms with Gasteiger partial charge in [-0.1, -0.05) is 61.7 Å². The van der Waals surface area contributed by atoms with E-state index in [4.69, 9.17) is 23.2 Å². The Balaban J connectivity index is 1.62. The molecule has 3 N–H and O–H groups in total. The summed E-state index contributed by atoms with van der Waals surface area (Å²) in [7, 11) is 0. The molecule has 1 aliphatic heterocycles. The van der Waals surface area contributed by atoms with Crippen LogP contribution in [-0.4, -0.2) is 59.5 Å². The van der Waals surface area contributed by atoms with Crippen LogP contribution in [0, 0.1) is 5.92 Å². The molecule has 1 heterocycles. The number of urea groups is 2. The predicted octanol–water partition coefficient (Wildman–Crippen LogP) is 5.29. The maximum Gasteiger partial charge on any atom is 0.322 e. The highest BCUT2D eigenvalue weighted by Crippen LogP contribution is 2.25. The number of halogens is 2. The average molecular weight is 520 g/mol. The first-order valence-electron chi connectivity index (χ1n) is 11.6. The second-order valence-electron chi connectivity index (χ2n) is 8.71. The molecule has 0 saturated carbocycles. The first kappa shape index (κ1) is 26.6. The van der Waals surface area contributed by atoms with Crippen LogP contribution in [0.15, 0.2) is 48.5 Å². The predicted molar refractivity (Wildman–Crippen MR) is 140 cm³/mol. The van der Waals surface area contributed by atoms with Crippen LogP contribution in [-0.2, 0) is 4.79 Å². The van der Waals surface area contributed by atoms with Gasteiger partial charge in [0.15, 0.2) is 0 Å². The number of hydrogen-bond donors (Lipinski definition) is 3. The normalized spacial score (nSPS) is 17.3. The van der Waals surface area contributed by atoms with E-state index in [9.17, 15) is 14.4 Å². The number of nitrogens with zero attached hydrogens (tertiary/aromatic N) is 2. The number of carbonyl (C=O) groups excluding carboxylic acids is 3. The van der Waals surface area contributed by atoms with Crippen LogP contribution in [0.3, 0.4) is 0 Å². The highest BCUT2D eigenvalue weighted by Gasteiger charge is 2.35. The largest absolute Gasteiger partial charge is 0.337 e. The van der Waals surface area contributed by atoms with Gasteiger partial charge in [0.25, 0.3) is 0 Å². The molecule has 0 spiro atoms. The minimum absolute atomic E-state index is 0.0938. The maximum atomic E-state index is 13.4. The van der Waals surface area contributed by atoms with Crippen molar-refractivity contribution < 1.29 is 14.4 Å². The number of piperazine rings is 1. The molecule has 35 heavy (non-hydrogen) atoms. The number of rotatable bonds is 6. The second-order valence-corrected chi connectivity index (χ2v) is 9.55. The summed E-state index contributed by atoms with van der Waals surface area (Å²) in [6.07, 6.45) is 0.702. The van der Waals surface area contributed by atoms with E-state index in [2.05, 4.69) is 16.0 Å². The standard InChI is InChI=1S/C25H31Cl2N5O3/c1-4-16(2)22(30-24(34)29-21-11-10-18(26)14-20(21)27)23(33)31-12-13-32(17(3)15-31)25(35)28-19-8-6-5-7-9-19/h5-11,14,16-17,22H,4,12-13,15H2,1-3H3,(H,28,35)(H2,29,30,34). The van der Waals surface area contributed by atoms with Crippen molar-refractivity contribution in [3.05, 3.63) is 58.6 Å². The molecule has 8 nitrogen and oxygen atoms in total. The Morgan fingerprint density at radius 3 is 2.40 bits per heavy atom. The van der Waals surface area contributed by atoms with Crippen molar-refractivity contribution in [2.75, 3.05) is 30.3 Å². The number of hydrogen-bond acceptors (Lipinski definition) is 3. The van der Waals surface area contributed by atoms with Crippen LogP contribution in [0.4, 0.5) is 21.0 Å². The highest BCUT2D eigenvalue weighted by atomic mass is 35.5. The average Bonchev–Trinajstić information content (AvgIpc) is 2.84. The summed E-state index contributed by atoms with van der Waals surface area (Å²) in [5.74, 6) is -0.268. The Morgan fingerprint density at radius 2 is 1.77 bits per heavy atom. The smallest absolute Gasteiger partial charge is 0.322 e. The van der Waals surface area contributed by atoms with Gasteiger partial charge in [-0.15, -0.1) is 0 Å². The van der Waals surface area contributed by atoms with Crippen LogP contribution < -0.4 is 16.0 Å². The van der Waals surface area contributed by atoms with Crippen molar-refractivity contribution in [2.24, 2.45) is 5.92 Å². The molecule has 0 bridgehead atoms. The molecule has 2 aromatic rings. The van der Waals surface area contributed by atoms with Crippen molar-refractivity contribution >= 4 is 52.5 Å². The monoisotopic (exact) mass is 519 g/mol. The highest BCUT2D eigenvalue weighted by molar-refractivity contribution is 6.36. The lowest BCUT2D eigenvalue weighted by atomic mass is 9.97. The van der Waals surface area contributed by atoms with Crippen molar-refractivity contribution in [3.8, 4) is 0 Å². The van der Waals surface area contributed by atoms with E-state index in [0.29, 0.717) is 41.8 Å². The lowest BCUT2D eigenvalue weighted by molar-refractivity contribution is -0.136. The fourth-order valence-corrected chi connectivity index (χ4v) is 4.40. The summed E-state index contributed by atoms with van der Waals surface area (Å²) in [6.45, 7) is 6.95. The molecule has 1 saturated heterocycles. The summed E-state index contributed by atoms with van der Waals surface area (Å²) in [5, 5.41) is 9.15. The van der Waals surface area contributed by atoms with Crippen LogP contribution in [0.5, 0.6) is 0 Å². The molecular formula is C25H31Cl2N5O3. The molecule has 0 radical (unpaired) electrons.